The number of hydrogen-bond donors (Lipinski definition) is 1. The van der Waals surface area contributed by atoms with Crippen molar-refractivity contribution in [3.63, 3.8) is 0 Å². The van der Waals surface area contributed by atoms with Crippen LogP contribution in [0.25, 0.3) is 0 Å². The summed E-state index contributed by atoms with van der Waals surface area (Å²) in [4.78, 5) is 0. The summed E-state index contributed by atoms with van der Waals surface area (Å²) < 4.78 is 69.4. The molecule has 2 aromatic rings. The molecule has 0 saturated carbocycles. The van der Waals surface area contributed by atoms with Crippen LogP contribution >= 0.6 is 0 Å². The van der Waals surface area contributed by atoms with Gasteiger partial charge in [-0.3, -0.25) is 0 Å². The van der Waals surface area contributed by atoms with Crippen LogP contribution in [0.15, 0.2) is 48.5 Å². The van der Waals surface area contributed by atoms with Gasteiger partial charge in [-0.05, 0) is 42.0 Å². The molecule has 0 radical (unpaired) electrons. The molecule has 0 aliphatic rings. The van der Waals surface area contributed by atoms with Crippen molar-refractivity contribution in [3.05, 3.63) is 54.1 Å². The van der Waals surface area contributed by atoms with E-state index in [9.17, 15) is 22.0 Å². The second-order valence-electron chi connectivity index (χ2n) is 4.81. The van der Waals surface area contributed by atoms with Crippen LogP contribution in [0.5, 0.6) is 11.5 Å². The van der Waals surface area contributed by atoms with Gasteiger partial charge in [-0.15, -0.1) is 0 Å². The molecule has 0 fully saturated rings. The molecule has 0 unspecified atom stereocenters. The van der Waals surface area contributed by atoms with Crippen molar-refractivity contribution in [3.8, 4) is 11.5 Å². The Morgan fingerprint density at radius 3 is 2.29 bits per heavy atom. The highest BCUT2D eigenvalue weighted by atomic mass is 19.4. The zero-order chi connectivity index (χ0) is 17.6. The largest absolute Gasteiger partial charge is 0.484 e. The summed E-state index contributed by atoms with van der Waals surface area (Å²) in [5, 5.41) is 3.02. The zero-order valence-electron chi connectivity index (χ0n) is 12.3. The highest BCUT2D eigenvalue weighted by Crippen LogP contribution is 2.21. The van der Waals surface area contributed by atoms with E-state index in [0.29, 0.717) is 17.8 Å². The summed E-state index contributed by atoms with van der Waals surface area (Å²) >= 11 is 0. The van der Waals surface area contributed by atoms with Gasteiger partial charge in [0, 0.05) is 12.2 Å². The van der Waals surface area contributed by atoms with Crippen LogP contribution in [0.1, 0.15) is 5.56 Å². The fraction of sp³-hybridized carbons (Fsp3) is 0.250. The Labute approximate surface area is 135 Å². The molecule has 0 saturated heterocycles. The minimum Gasteiger partial charge on any atom is -0.484 e. The van der Waals surface area contributed by atoms with E-state index in [0.717, 1.165) is 0 Å². The fourth-order valence-corrected chi connectivity index (χ4v) is 1.87. The van der Waals surface area contributed by atoms with Crippen LogP contribution < -0.4 is 14.8 Å². The molecule has 3 nitrogen and oxygen atoms in total. The number of nitrogens with one attached hydrogen (secondary N) is 1. The lowest BCUT2D eigenvalue weighted by Crippen LogP contribution is -2.19. The Morgan fingerprint density at radius 2 is 1.67 bits per heavy atom. The molecule has 0 atom stereocenters. The van der Waals surface area contributed by atoms with Gasteiger partial charge >= 0.3 is 12.8 Å². The molecule has 0 bridgehead atoms. The summed E-state index contributed by atoms with van der Waals surface area (Å²) in [6.07, 6.45) is -4.39. The lowest BCUT2D eigenvalue weighted by Gasteiger charge is -2.11. The number of anilines is 1. The van der Waals surface area contributed by atoms with E-state index in [-0.39, 0.29) is 11.5 Å². The lowest BCUT2D eigenvalue weighted by atomic mass is 10.2. The maximum Gasteiger partial charge on any atom is 0.422 e. The highest BCUT2D eigenvalue weighted by molar-refractivity contribution is 5.47. The predicted octanol–water partition coefficient (Wildman–Crippen LogP) is 4.84. The minimum absolute atomic E-state index is 0.0399. The molecule has 0 aromatic heterocycles. The van der Waals surface area contributed by atoms with Crippen LogP contribution in [0.4, 0.5) is 27.6 Å². The molecule has 2 aromatic carbocycles. The molecule has 0 heterocycles. The highest BCUT2D eigenvalue weighted by Gasteiger charge is 2.28. The van der Waals surface area contributed by atoms with Crippen LogP contribution in [0.2, 0.25) is 0 Å². The van der Waals surface area contributed by atoms with Gasteiger partial charge in [0.2, 0.25) is 0 Å². The Kier molecular flexibility index (Phi) is 5.83. The molecule has 1 N–H and O–H groups in total. The SMILES string of the molecule is FC(F)Oc1ccc(NCc2cccc(OCC(F)(F)F)c2)cc1. The second kappa shape index (κ2) is 7.85. The van der Waals surface area contributed by atoms with Crippen LogP contribution in [0, 0.1) is 0 Å². The number of ether oxygens (including phenoxy) is 2. The molecule has 8 heteroatoms. The summed E-state index contributed by atoms with van der Waals surface area (Å²) in [6.45, 7) is -3.91. The average Bonchev–Trinajstić information content (AvgIpc) is 2.52. The smallest absolute Gasteiger partial charge is 0.422 e. The van der Waals surface area contributed by atoms with Crippen LogP contribution in [-0.2, 0) is 6.54 Å². The number of hydrogen-bond acceptors (Lipinski definition) is 3. The third kappa shape index (κ3) is 6.31. The number of rotatable bonds is 7. The maximum atomic E-state index is 12.1. The normalized spacial score (nSPS) is 11.4. The van der Waals surface area contributed by atoms with Crippen molar-refractivity contribution in [2.24, 2.45) is 0 Å². The number of alkyl halides is 5. The minimum atomic E-state index is -4.39. The third-order valence-corrected chi connectivity index (χ3v) is 2.88. The first-order valence-electron chi connectivity index (χ1n) is 6.89. The first-order valence-corrected chi connectivity index (χ1v) is 6.89. The molecular formula is C16H14F5NO2. The van der Waals surface area contributed by atoms with Crippen LogP contribution in [0.3, 0.4) is 0 Å². The van der Waals surface area contributed by atoms with E-state index in [1.165, 1.54) is 24.3 Å². The van der Waals surface area contributed by atoms with E-state index in [1.807, 2.05) is 0 Å². The van der Waals surface area contributed by atoms with Gasteiger partial charge in [0.25, 0.3) is 0 Å². The standard InChI is InChI=1S/C16H14F5NO2/c17-15(18)24-13-6-4-12(5-7-13)22-9-11-2-1-3-14(8-11)23-10-16(19,20)21/h1-8,15,22H,9-10H2. The molecule has 24 heavy (non-hydrogen) atoms. The zero-order valence-corrected chi connectivity index (χ0v) is 12.3. The van der Waals surface area contributed by atoms with E-state index in [2.05, 4.69) is 14.8 Å². The Morgan fingerprint density at radius 1 is 0.958 bits per heavy atom. The lowest BCUT2D eigenvalue weighted by molar-refractivity contribution is -0.153. The second-order valence-corrected chi connectivity index (χ2v) is 4.81. The first kappa shape index (κ1) is 17.8. The Bertz CT molecular complexity index is 644. The van der Waals surface area contributed by atoms with Crippen molar-refractivity contribution in [2.75, 3.05) is 11.9 Å². The van der Waals surface area contributed by atoms with Gasteiger partial charge in [-0.1, -0.05) is 12.1 Å². The van der Waals surface area contributed by atoms with Crippen molar-refractivity contribution in [2.45, 2.75) is 19.3 Å². The molecular weight excluding hydrogens is 333 g/mol. The van der Waals surface area contributed by atoms with Gasteiger partial charge in [0.05, 0.1) is 0 Å². The molecule has 130 valence electrons. The number of benzene rings is 2. The van der Waals surface area contributed by atoms with E-state index in [4.69, 9.17) is 0 Å². The summed E-state index contributed by atoms with van der Waals surface area (Å²) in [6, 6.07) is 12.1. The average molecular weight is 347 g/mol. The molecule has 0 spiro atoms. The number of halogens is 5. The molecule has 0 aliphatic carbocycles. The van der Waals surface area contributed by atoms with Crippen molar-refractivity contribution in [1.29, 1.82) is 0 Å². The van der Waals surface area contributed by atoms with E-state index >= 15 is 0 Å². The molecule has 2 rings (SSSR count). The first-order chi connectivity index (χ1) is 11.3. The van der Waals surface area contributed by atoms with Gasteiger partial charge in [0.1, 0.15) is 11.5 Å². The topological polar surface area (TPSA) is 30.5 Å². The van der Waals surface area contributed by atoms with E-state index in [1.54, 1.807) is 24.3 Å². The summed E-state index contributed by atoms with van der Waals surface area (Å²) in [7, 11) is 0. The summed E-state index contributed by atoms with van der Waals surface area (Å²) in [5.74, 6) is 0.158. The monoisotopic (exact) mass is 347 g/mol. The van der Waals surface area contributed by atoms with E-state index < -0.39 is 19.4 Å². The Hall–Kier alpha value is -2.51. The van der Waals surface area contributed by atoms with Gasteiger partial charge in [0.15, 0.2) is 6.61 Å². The Balaban J connectivity index is 1.89. The predicted molar refractivity (Wildman–Crippen MR) is 78.4 cm³/mol. The summed E-state index contributed by atoms with van der Waals surface area (Å²) in [5.41, 5.74) is 1.36. The third-order valence-electron chi connectivity index (χ3n) is 2.88. The van der Waals surface area contributed by atoms with Gasteiger partial charge < -0.3 is 14.8 Å². The van der Waals surface area contributed by atoms with Crippen molar-refractivity contribution < 1.29 is 31.4 Å². The maximum absolute atomic E-state index is 12.1. The quantitative estimate of drug-likeness (QED) is 0.727. The van der Waals surface area contributed by atoms with Gasteiger partial charge in [-0.25, -0.2) is 0 Å². The molecule has 0 aliphatic heterocycles. The fourth-order valence-electron chi connectivity index (χ4n) is 1.87. The van der Waals surface area contributed by atoms with Gasteiger partial charge in [-0.2, -0.15) is 22.0 Å². The molecule has 0 amide bonds. The van der Waals surface area contributed by atoms with Crippen LogP contribution in [-0.4, -0.2) is 19.4 Å². The van der Waals surface area contributed by atoms with Crippen molar-refractivity contribution in [1.82, 2.24) is 0 Å². The van der Waals surface area contributed by atoms with Crippen molar-refractivity contribution >= 4 is 5.69 Å².